The summed E-state index contributed by atoms with van der Waals surface area (Å²) in [6, 6.07) is 0. The average molecular weight is 285 g/mol. The third-order valence-corrected chi connectivity index (χ3v) is 2.17. The highest BCUT2D eigenvalue weighted by atomic mass is 19.2. The van der Waals surface area contributed by atoms with Crippen LogP contribution in [-0.4, -0.2) is 23.2 Å². The van der Waals surface area contributed by atoms with Gasteiger partial charge in [-0.15, -0.1) is 0 Å². The van der Waals surface area contributed by atoms with Crippen LogP contribution in [0.1, 0.15) is 6.92 Å². The van der Waals surface area contributed by atoms with Gasteiger partial charge in [0.15, 0.2) is 5.75 Å². The predicted molar refractivity (Wildman–Crippen MR) is 52.0 cm³/mol. The van der Waals surface area contributed by atoms with Gasteiger partial charge in [-0.2, -0.15) is 8.78 Å². The molecule has 106 valence electrons. The molecule has 0 saturated heterocycles. The van der Waals surface area contributed by atoms with E-state index in [9.17, 15) is 26.7 Å². The average Bonchev–Trinajstić information content (AvgIpc) is 2.33. The monoisotopic (exact) mass is 285 g/mol. The van der Waals surface area contributed by atoms with E-state index in [2.05, 4.69) is 4.74 Å². The molecular formula is C10H8F5NO3. The second kappa shape index (κ2) is 5.00. The fourth-order valence-corrected chi connectivity index (χ4v) is 0.995. The summed E-state index contributed by atoms with van der Waals surface area (Å²) in [5.41, 5.74) is 3.13. The number of aliphatic carboxylic acids is 1. The van der Waals surface area contributed by atoms with Crippen molar-refractivity contribution < 1.29 is 36.6 Å². The van der Waals surface area contributed by atoms with Gasteiger partial charge >= 0.3 is 5.97 Å². The first-order chi connectivity index (χ1) is 8.59. The highest BCUT2D eigenvalue weighted by molar-refractivity contribution is 5.78. The molecule has 1 aromatic rings. The second-order valence-corrected chi connectivity index (χ2v) is 3.91. The normalized spacial score (nSPS) is 14.1. The molecule has 0 aliphatic rings. The summed E-state index contributed by atoms with van der Waals surface area (Å²) in [6.45, 7) is -0.0396. The van der Waals surface area contributed by atoms with Crippen LogP contribution in [0.25, 0.3) is 0 Å². The van der Waals surface area contributed by atoms with Crippen LogP contribution in [0, 0.1) is 29.1 Å². The van der Waals surface area contributed by atoms with Crippen LogP contribution in [0.15, 0.2) is 0 Å². The van der Waals surface area contributed by atoms with E-state index in [4.69, 9.17) is 10.8 Å². The van der Waals surface area contributed by atoms with E-state index in [0.717, 1.165) is 6.92 Å². The van der Waals surface area contributed by atoms with E-state index < -0.39 is 53.0 Å². The van der Waals surface area contributed by atoms with Crippen molar-refractivity contribution in [3.05, 3.63) is 29.1 Å². The third-order valence-electron chi connectivity index (χ3n) is 2.17. The Morgan fingerprint density at radius 3 is 1.84 bits per heavy atom. The Morgan fingerprint density at radius 2 is 1.47 bits per heavy atom. The molecular weight excluding hydrogens is 277 g/mol. The van der Waals surface area contributed by atoms with Crippen LogP contribution in [0.3, 0.4) is 0 Å². The topological polar surface area (TPSA) is 72.5 Å². The Labute approximate surface area is 103 Å². The fraction of sp³-hybridized carbons (Fsp3) is 0.300. The standard InChI is InChI=1S/C10H8F5NO3/c1-10(16,9(17)18)2-19-8-6(14)4(12)3(11)5(13)7(8)15/h2,16H2,1H3,(H,17,18). The van der Waals surface area contributed by atoms with Gasteiger partial charge in [-0.3, -0.25) is 4.79 Å². The van der Waals surface area contributed by atoms with Crippen molar-refractivity contribution in [2.45, 2.75) is 12.5 Å². The Hall–Kier alpha value is -1.90. The molecule has 19 heavy (non-hydrogen) atoms. The molecule has 3 N–H and O–H groups in total. The van der Waals surface area contributed by atoms with Crippen molar-refractivity contribution in [3.8, 4) is 5.75 Å². The summed E-state index contributed by atoms with van der Waals surface area (Å²) in [7, 11) is 0. The summed E-state index contributed by atoms with van der Waals surface area (Å²) in [5.74, 6) is -14.3. The van der Waals surface area contributed by atoms with Crippen LogP contribution in [0.2, 0.25) is 0 Å². The minimum Gasteiger partial charge on any atom is -0.485 e. The zero-order valence-electron chi connectivity index (χ0n) is 9.44. The molecule has 0 radical (unpaired) electrons. The van der Waals surface area contributed by atoms with Crippen LogP contribution in [0.5, 0.6) is 5.75 Å². The molecule has 0 aromatic heterocycles. The Bertz CT molecular complexity index is 503. The van der Waals surface area contributed by atoms with Gasteiger partial charge in [-0.1, -0.05) is 0 Å². The van der Waals surface area contributed by atoms with E-state index in [1.54, 1.807) is 0 Å². The number of benzene rings is 1. The molecule has 0 fully saturated rings. The summed E-state index contributed by atoms with van der Waals surface area (Å²) in [4.78, 5) is 10.6. The Morgan fingerprint density at radius 1 is 1.11 bits per heavy atom. The van der Waals surface area contributed by atoms with E-state index >= 15 is 0 Å². The maximum Gasteiger partial charge on any atom is 0.326 e. The number of hydrogen-bond donors (Lipinski definition) is 2. The van der Waals surface area contributed by atoms with E-state index in [-0.39, 0.29) is 0 Å². The number of carbonyl (C=O) groups is 1. The maximum atomic E-state index is 13.1. The maximum absolute atomic E-state index is 13.1. The number of rotatable bonds is 4. The lowest BCUT2D eigenvalue weighted by Crippen LogP contribution is -2.50. The van der Waals surface area contributed by atoms with Gasteiger partial charge in [0.2, 0.25) is 29.1 Å². The van der Waals surface area contributed by atoms with Crippen molar-refractivity contribution in [1.82, 2.24) is 0 Å². The molecule has 0 aliphatic heterocycles. The Kier molecular flexibility index (Phi) is 3.99. The van der Waals surface area contributed by atoms with Gasteiger partial charge in [0.05, 0.1) is 0 Å². The van der Waals surface area contributed by atoms with Gasteiger partial charge in [-0.05, 0) is 6.92 Å². The van der Waals surface area contributed by atoms with Crippen molar-refractivity contribution in [3.63, 3.8) is 0 Å². The number of nitrogens with two attached hydrogens (primary N) is 1. The summed E-state index contributed by atoms with van der Waals surface area (Å²) in [6.07, 6.45) is 0. The largest absolute Gasteiger partial charge is 0.485 e. The molecule has 0 spiro atoms. The molecule has 0 heterocycles. The quantitative estimate of drug-likeness (QED) is 0.500. The van der Waals surface area contributed by atoms with E-state index in [1.165, 1.54) is 0 Å². The summed E-state index contributed by atoms with van der Waals surface area (Å²) in [5, 5.41) is 8.61. The van der Waals surface area contributed by atoms with Gasteiger partial charge in [-0.25, -0.2) is 13.2 Å². The predicted octanol–water partition coefficient (Wildman–Crippen LogP) is 1.56. The van der Waals surface area contributed by atoms with E-state index in [1.807, 2.05) is 0 Å². The van der Waals surface area contributed by atoms with Crippen molar-refractivity contribution in [1.29, 1.82) is 0 Å². The molecule has 4 nitrogen and oxygen atoms in total. The highest BCUT2D eigenvalue weighted by Gasteiger charge is 2.32. The van der Waals surface area contributed by atoms with Gasteiger partial charge in [0.1, 0.15) is 12.1 Å². The van der Waals surface area contributed by atoms with Crippen LogP contribution in [0.4, 0.5) is 22.0 Å². The fourth-order valence-electron chi connectivity index (χ4n) is 0.995. The summed E-state index contributed by atoms with van der Waals surface area (Å²) >= 11 is 0. The lowest BCUT2D eigenvalue weighted by atomic mass is 10.1. The number of halogens is 5. The zero-order chi connectivity index (χ0) is 15.0. The van der Waals surface area contributed by atoms with Crippen molar-refractivity contribution in [2.75, 3.05) is 6.61 Å². The molecule has 0 aliphatic carbocycles. The lowest BCUT2D eigenvalue weighted by Gasteiger charge is -2.20. The molecule has 9 heteroatoms. The van der Waals surface area contributed by atoms with Crippen molar-refractivity contribution in [2.24, 2.45) is 5.73 Å². The van der Waals surface area contributed by atoms with Gasteiger partial charge in [0, 0.05) is 0 Å². The van der Waals surface area contributed by atoms with Gasteiger partial charge in [0.25, 0.3) is 0 Å². The zero-order valence-corrected chi connectivity index (χ0v) is 9.44. The smallest absolute Gasteiger partial charge is 0.326 e. The SMILES string of the molecule is CC(N)(COc1c(F)c(F)c(F)c(F)c1F)C(=O)O. The molecule has 0 saturated carbocycles. The third kappa shape index (κ3) is 2.75. The molecule has 1 atom stereocenters. The van der Waals surface area contributed by atoms with Crippen molar-refractivity contribution >= 4 is 5.97 Å². The first-order valence-electron chi connectivity index (χ1n) is 4.76. The molecule has 0 bridgehead atoms. The number of hydrogen-bond acceptors (Lipinski definition) is 3. The second-order valence-electron chi connectivity index (χ2n) is 3.91. The van der Waals surface area contributed by atoms with Gasteiger partial charge < -0.3 is 15.6 Å². The molecule has 1 aromatic carbocycles. The lowest BCUT2D eigenvalue weighted by molar-refractivity contribution is -0.143. The molecule has 0 amide bonds. The highest BCUT2D eigenvalue weighted by Crippen LogP contribution is 2.29. The van der Waals surface area contributed by atoms with Crippen LogP contribution in [-0.2, 0) is 4.79 Å². The van der Waals surface area contributed by atoms with Crippen LogP contribution >= 0.6 is 0 Å². The molecule has 1 rings (SSSR count). The number of ether oxygens (including phenoxy) is 1. The minimum atomic E-state index is -2.34. The van der Waals surface area contributed by atoms with E-state index in [0.29, 0.717) is 0 Å². The first kappa shape index (κ1) is 15.2. The van der Waals surface area contributed by atoms with Crippen LogP contribution < -0.4 is 10.5 Å². The first-order valence-corrected chi connectivity index (χ1v) is 4.76. The number of carboxylic acid groups (broad SMARTS) is 1. The Balaban J connectivity index is 3.13. The number of carboxylic acids is 1. The minimum absolute atomic E-state index is 0.946. The molecule has 1 unspecified atom stereocenters. The summed E-state index contributed by atoms with van der Waals surface area (Å²) < 4.78 is 68.9.